The zero-order valence-corrected chi connectivity index (χ0v) is 15.4. The van der Waals surface area contributed by atoms with Crippen LogP contribution in [0.4, 0.5) is 0 Å². The smallest absolute Gasteiger partial charge is 0.201 e. The zero-order chi connectivity index (χ0) is 14.6. The van der Waals surface area contributed by atoms with Crippen LogP contribution in [0.15, 0.2) is 0 Å². The van der Waals surface area contributed by atoms with Crippen molar-refractivity contribution in [3.8, 4) is 0 Å². The fourth-order valence-corrected chi connectivity index (χ4v) is 3.73. The molecule has 0 heterocycles. The summed E-state index contributed by atoms with van der Waals surface area (Å²) in [5.41, 5.74) is 0.716. The molecule has 0 fully saturated rings. The molecule has 0 spiro atoms. The van der Waals surface area contributed by atoms with Crippen molar-refractivity contribution in [3.05, 3.63) is 0 Å². The number of halogens is 1. The van der Waals surface area contributed by atoms with Gasteiger partial charge < -0.3 is 4.43 Å². The molecule has 0 aromatic carbocycles. The molecule has 3 heteroatoms. The third-order valence-electron chi connectivity index (χ3n) is 3.57. The molecule has 0 aromatic heterocycles. The molecule has 116 valence electrons. The predicted molar refractivity (Wildman–Crippen MR) is 90.6 cm³/mol. The molecule has 0 aliphatic carbocycles. The molecular formula is C16H35ClOSi. The first kappa shape index (κ1) is 19.5. The van der Waals surface area contributed by atoms with Crippen molar-refractivity contribution < 1.29 is 4.43 Å². The minimum atomic E-state index is -1.61. The van der Waals surface area contributed by atoms with Gasteiger partial charge in [0.1, 0.15) is 0 Å². The fraction of sp³-hybridized carbons (Fsp3) is 1.00. The molecule has 0 radical (unpaired) electrons. The molecule has 1 nitrogen and oxygen atoms in total. The molecule has 0 rings (SSSR count). The highest BCUT2D eigenvalue weighted by Crippen LogP contribution is 2.20. The highest BCUT2D eigenvalue weighted by atomic mass is 35.5. The molecule has 0 unspecified atom stereocenters. The number of hydrogen-bond acceptors (Lipinski definition) is 1. The topological polar surface area (TPSA) is 9.23 Å². The van der Waals surface area contributed by atoms with Crippen molar-refractivity contribution in [1.29, 1.82) is 0 Å². The van der Waals surface area contributed by atoms with Crippen LogP contribution in [0.25, 0.3) is 0 Å². The molecule has 0 saturated carbocycles. The standard InChI is InChI=1S/C16H35ClOSi/c1-5-7-9-11-13-16(14-12-10-8-6-2)18-19(3,4)15-17/h16H,5-15H2,1-4H3. The van der Waals surface area contributed by atoms with E-state index in [1.807, 2.05) is 0 Å². The lowest BCUT2D eigenvalue weighted by atomic mass is 10.0. The summed E-state index contributed by atoms with van der Waals surface area (Å²) in [6.07, 6.45) is 13.6. The van der Waals surface area contributed by atoms with Crippen LogP contribution >= 0.6 is 11.6 Å². The molecule has 0 aromatic rings. The first-order chi connectivity index (χ1) is 9.05. The SMILES string of the molecule is CCCCCCC(CCCCCC)O[Si](C)(C)CCl. The highest BCUT2D eigenvalue weighted by Gasteiger charge is 2.25. The van der Waals surface area contributed by atoms with E-state index in [0.717, 1.165) is 0 Å². The Kier molecular flexibility index (Phi) is 12.5. The van der Waals surface area contributed by atoms with E-state index in [4.69, 9.17) is 16.0 Å². The Bertz CT molecular complexity index is 185. The lowest BCUT2D eigenvalue weighted by Crippen LogP contribution is -2.38. The van der Waals surface area contributed by atoms with Crippen molar-refractivity contribution >= 4 is 19.9 Å². The summed E-state index contributed by atoms with van der Waals surface area (Å²) in [5.74, 6) is 0. The van der Waals surface area contributed by atoms with Gasteiger partial charge in [0.2, 0.25) is 8.32 Å². The van der Waals surface area contributed by atoms with Gasteiger partial charge >= 0.3 is 0 Å². The first-order valence-electron chi connectivity index (χ1n) is 8.29. The highest BCUT2D eigenvalue weighted by molar-refractivity contribution is 6.77. The van der Waals surface area contributed by atoms with Crippen LogP contribution in [0.2, 0.25) is 13.1 Å². The summed E-state index contributed by atoms with van der Waals surface area (Å²) in [6, 6.07) is 0. The van der Waals surface area contributed by atoms with Crippen molar-refractivity contribution in [2.24, 2.45) is 0 Å². The molecule has 0 aliphatic rings. The normalized spacial score (nSPS) is 12.3. The predicted octanol–water partition coefficient (Wildman–Crippen LogP) is 6.30. The Morgan fingerprint density at radius 1 is 0.842 bits per heavy atom. The molecule has 19 heavy (non-hydrogen) atoms. The van der Waals surface area contributed by atoms with Crippen LogP contribution in [-0.4, -0.2) is 19.9 Å². The summed E-state index contributed by atoms with van der Waals surface area (Å²) in [4.78, 5) is 0. The maximum Gasteiger partial charge on any atom is 0.201 e. The Balaban J connectivity index is 3.99. The van der Waals surface area contributed by atoms with Gasteiger partial charge in [-0.2, -0.15) is 0 Å². The van der Waals surface area contributed by atoms with Crippen LogP contribution < -0.4 is 0 Å². The van der Waals surface area contributed by atoms with Crippen LogP contribution in [0.1, 0.15) is 78.1 Å². The minimum absolute atomic E-state index is 0.467. The minimum Gasteiger partial charge on any atom is -0.413 e. The Morgan fingerprint density at radius 2 is 1.32 bits per heavy atom. The van der Waals surface area contributed by atoms with E-state index in [1.165, 1.54) is 64.2 Å². The lowest BCUT2D eigenvalue weighted by molar-refractivity contribution is 0.165. The van der Waals surface area contributed by atoms with Gasteiger partial charge in [0.05, 0.1) is 0 Å². The van der Waals surface area contributed by atoms with E-state index in [9.17, 15) is 0 Å². The van der Waals surface area contributed by atoms with Gasteiger partial charge in [-0.15, -0.1) is 11.6 Å². The average molecular weight is 307 g/mol. The van der Waals surface area contributed by atoms with E-state index in [1.54, 1.807) is 0 Å². The van der Waals surface area contributed by atoms with Gasteiger partial charge in [-0.25, -0.2) is 0 Å². The average Bonchev–Trinajstić information content (AvgIpc) is 2.39. The maximum atomic E-state index is 6.35. The molecule has 0 N–H and O–H groups in total. The number of rotatable bonds is 13. The second-order valence-electron chi connectivity index (χ2n) is 6.33. The van der Waals surface area contributed by atoms with E-state index in [2.05, 4.69) is 26.9 Å². The summed E-state index contributed by atoms with van der Waals surface area (Å²) >= 11 is 6.04. The second kappa shape index (κ2) is 12.2. The van der Waals surface area contributed by atoms with Gasteiger partial charge in [-0.1, -0.05) is 65.2 Å². The molecule has 0 amide bonds. The van der Waals surface area contributed by atoms with E-state index < -0.39 is 8.32 Å². The van der Waals surface area contributed by atoms with E-state index >= 15 is 0 Å². The molecule has 0 saturated heterocycles. The Hall–Kier alpha value is 0.467. The van der Waals surface area contributed by atoms with Crippen molar-refractivity contribution in [2.45, 2.75) is 97.3 Å². The van der Waals surface area contributed by atoms with Gasteiger partial charge in [0, 0.05) is 11.6 Å². The Morgan fingerprint density at radius 3 is 1.68 bits per heavy atom. The molecular weight excluding hydrogens is 272 g/mol. The quantitative estimate of drug-likeness (QED) is 0.220. The zero-order valence-electron chi connectivity index (χ0n) is 13.6. The summed E-state index contributed by atoms with van der Waals surface area (Å²) in [5, 5.41) is 0. The third kappa shape index (κ3) is 12.0. The summed E-state index contributed by atoms with van der Waals surface area (Å²) in [6.45, 7) is 9.01. The number of hydrogen-bond donors (Lipinski definition) is 0. The summed E-state index contributed by atoms with van der Waals surface area (Å²) in [7, 11) is -1.61. The van der Waals surface area contributed by atoms with Crippen molar-refractivity contribution in [1.82, 2.24) is 0 Å². The Labute approximate surface area is 127 Å². The van der Waals surface area contributed by atoms with Crippen LogP contribution in [-0.2, 0) is 4.43 Å². The third-order valence-corrected chi connectivity index (χ3v) is 7.11. The van der Waals surface area contributed by atoms with Crippen LogP contribution in [0.5, 0.6) is 0 Å². The van der Waals surface area contributed by atoms with Crippen molar-refractivity contribution in [3.63, 3.8) is 0 Å². The number of alkyl halides is 1. The van der Waals surface area contributed by atoms with E-state index in [0.29, 0.717) is 11.6 Å². The monoisotopic (exact) mass is 306 g/mol. The van der Waals surface area contributed by atoms with Gasteiger partial charge in [-0.05, 0) is 25.9 Å². The van der Waals surface area contributed by atoms with Crippen LogP contribution in [0.3, 0.4) is 0 Å². The lowest BCUT2D eigenvalue weighted by Gasteiger charge is -2.28. The first-order valence-corrected chi connectivity index (χ1v) is 11.9. The van der Waals surface area contributed by atoms with Crippen LogP contribution in [0, 0.1) is 0 Å². The van der Waals surface area contributed by atoms with Gasteiger partial charge in [0.25, 0.3) is 0 Å². The molecule has 0 aliphatic heterocycles. The van der Waals surface area contributed by atoms with Gasteiger partial charge in [-0.3, -0.25) is 0 Å². The van der Waals surface area contributed by atoms with E-state index in [-0.39, 0.29) is 0 Å². The second-order valence-corrected chi connectivity index (χ2v) is 11.2. The molecule has 0 atom stereocenters. The molecule has 0 bridgehead atoms. The fourth-order valence-electron chi connectivity index (χ4n) is 2.34. The van der Waals surface area contributed by atoms with Gasteiger partial charge in [0.15, 0.2) is 0 Å². The van der Waals surface area contributed by atoms with Crippen molar-refractivity contribution in [2.75, 3.05) is 5.50 Å². The number of unbranched alkanes of at least 4 members (excludes halogenated alkanes) is 6. The summed E-state index contributed by atoms with van der Waals surface area (Å²) < 4.78 is 6.35. The maximum absolute atomic E-state index is 6.35. The largest absolute Gasteiger partial charge is 0.413 e.